The summed E-state index contributed by atoms with van der Waals surface area (Å²) in [5.74, 6) is 2.92. The third kappa shape index (κ3) is 4.24. The summed E-state index contributed by atoms with van der Waals surface area (Å²) in [6.07, 6.45) is 5.02. The van der Waals surface area contributed by atoms with Crippen LogP contribution in [0.4, 0.5) is 0 Å². The average Bonchev–Trinajstić information content (AvgIpc) is 2.73. The zero-order valence-electron chi connectivity index (χ0n) is 17.7. The van der Waals surface area contributed by atoms with Gasteiger partial charge in [-0.2, -0.15) is 0 Å². The number of fused-ring (bicyclic) bond motifs is 2. The minimum absolute atomic E-state index is 0.0428. The fraction of sp³-hybridized carbons (Fsp3) is 0.458. The molecule has 1 fully saturated rings. The van der Waals surface area contributed by atoms with E-state index in [0.717, 1.165) is 37.9 Å². The monoisotopic (exact) mass is 411 g/mol. The number of phenols is 1. The van der Waals surface area contributed by atoms with Crippen molar-refractivity contribution in [1.82, 2.24) is 5.32 Å². The Hall–Kier alpha value is -2.73. The molecule has 0 saturated heterocycles. The smallest absolute Gasteiger partial charge is 0.346 e. The standard InChI is InChI=1S/C24H29NO5/c1-14(12-25-13-16-4-7-20(26)23(9-16)28-3)17-5-6-18-10-19-22(30-21(18)11-17)8-15(2)29-24(19)27/h4,7-10,14,17,21,25-26H,5-6,11-13H2,1-3H3/t14?,17-,21-/m0/s1. The van der Waals surface area contributed by atoms with Crippen molar-refractivity contribution in [2.75, 3.05) is 13.7 Å². The molecule has 3 atom stereocenters. The zero-order valence-corrected chi connectivity index (χ0v) is 17.7. The van der Waals surface area contributed by atoms with Crippen LogP contribution in [-0.2, 0) is 6.54 Å². The van der Waals surface area contributed by atoms with Crippen molar-refractivity contribution >= 4 is 6.08 Å². The highest BCUT2D eigenvalue weighted by molar-refractivity contribution is 5.62. The molecule has 6 nitrogen and oxygen atoms in total. The molecule has 2 N–H and O–H groups in total. The van der Waals surface area contributed by atoms with E-state index < -0.39 is 0 Å². The lowest BCUT2D eigenvalue weighted by atomic mass is 9.76. The Kier molecular flexibility index (Phi) is 5.86. The summed E-state index contributed by atoms with van der Waals surface area (Å²) in [6.45, 7) is 5.67. The number of methoxy groups -OCH3 is 1. The summed E-state index contributed by atoms with van der Waals surface area (Å²) in [4.78, 5) is 12.1. The van der Waals surface area contributed by atoms with Crippen molar-refractivity contribution in [1.29, 1.82) is 0 Å². The van der Waals surface area contributed by atoms with Crippen LogP contribution in [0.3, 0.4) is 0 Å². The van der Waals surface area contributed by atoms with Gasteiger partial charge in [0, 0.05) is 12.6 Å². The summed E-state index contributed by atoms with van der Waals surface area (Å²) in [6, 6.07) is 7.23. The highest BCUT2D eigenvalue weighted by Gasteiger charge is 2.33. The molecule has 160 valence electrons. The summed E-state index contributed by atoms with van der Waals surface area (Å²) in [5, 5.41) is 13.2. The van der Waals surface area contributed by atoms with Crippen LogP contribution in [0.15, 0.2) is 39.1 Å². The van der Waals surface area contributed by atoms with Crippen LogP contribution >= 0.6 is 0 Å². The topological polar surface area (TPSA) is 80.9 Å². The summed E-state index contributed by atoms with van der Waals surface area (Å²) < 4.78 is 16.6. The number of benzene rings is 1. The number of phenolic OH excluding ortho intramolecular Hbond substituents is 1. The minimum atomic E-state index is -0.318. The van der Waals surface area contributed by atoms with E-state index in [-0.39, 0.29) is 17.5 Å². The maximum absolute atomic E-state index is 12.1. The maximum atomic E-state index is 12.1. The van der Waals surface area contributed by atoms with Crippen molar-refractivity contribution in [2.45, 2.75) is 45.8 Å². The third-order valence-electron chi connectivity index (χ3n) is 6.25. The van der Waals surface area contributed by atoms with E-state index in [1.807, 2.05) is 24.3 Å². The van der Waals surface area contributed by atoms with Crippen LogP contribution < -0.4 is 20.4 Å². The van der Waals surface area contributed by atoms with Gasteiger partial charge in [-0.05, 0) is 73.9 Å². The lowest BCUT2D eigenvalue weighted by Gasteiger charge is -2.37. The number of rotatable bonds is 6. The molecular weight excluding hydrogens is 382 g/mol. The first-order valence-corrected chi connectivity index (χ1v) is 10.5. The predicted molar refractivity (Wildman–Crippen MR) is 115 cm³/mol. The molecule has 0 radical (unpaired) electrons. The van der Waals surface area contributed by atoms with E-state index in [1.165, 1.54) is 5.57 Å². The van der Waals surface area contributed by atoms with Crippen LogP contribution in [-0.4, -0.2) is 24.9 Å². The van der Waals surface area contributed by atoms with Crippen molar-refractivity contribution in [3.63, 3.8) is 0 Å². The molecule has 1 aromatic heterocycles. The molecule has 1 aliphatic carbocycles. The molecule has 1 unspecified atom stereocenters. The molecule has 1 saturated carbocycles. The Labute approximate surface area is 176 Å². The molecule has 2 heterocycles. The third-order valence-corrected chi connectivity index (χ3v) is 6.25. The van der Waals surface area contributed by atoms with E-state index in [9.17, 15) is 9.90 Å². The van der Waals surface area contributed by atoms with Gasteiger partial charge in [0.25, 0.3) is 0 Å². The number of aromatic hydroxyl groups is 1. The number of hydrogen-bond donors (Lipinski definition) is 2. The first kappa shape index (κ1) is 20.5. The van der Waals surface area contributed by atoms with E-state index in [1.54, 1.807) is 20.1 Å². The molecule has 0 bridgehead atoms. The van der Waals surface area contributed by atoms with E-state index in [0.29, 0.717) is 34.7 Å². The Bertz CT molecular complexity index is 1010. The Balaban J connectivity index is 1.34. The summed E-state index contributed by atoms with van der Waals surface area (Å²) in [5.41, 5.74) is 2.50. The van der Waals surface area contributed by atoms with E-state index in [2.05, 4.69) is 12.2 Å². The zero-order chi connectivity index (χ0) is 21.3. The van der Waals surface area contributed by atoms with E-state index >= 15 is 0 Å². The van der Waals surface area contributed by atoms with Crippen LogP contribution in [0.2, 0.25) is 0 Å². The van der Waals surface area contributed by atoms with Gasteiger partial charge in [-0.3, -0.25) is 0 Å². The van der Waals surface area contributed by atoms with Gasteiger partial charge in [-0.25, -0.2) is 4.79 Å². The highest BCUT2D eigenvalue weighted by atomic mass is 16.5. The van der Waals surface area contributed by atoms with Crippen molar-refractivity contribution < 1.29 is 19.0 Å². The van der Waals surface area contributed by atoms with Gasteiger partial charge in [0.1, 0.15) is 23.2 Å². The van der Waals surface area contributed by atoms with Crippen LogP contribution in [0, 0.1) is 18.8 Å². The molecule has 1 aliphatic heterocycles. The second-order valence-corrected chi connectivity index (χ2v) is 8.40. The van der Waals surface area contributed by atoms with Crippen molar-refractivity contribution in [3.8, 4) is 17.2 Å². The van der Waals surface area contributed by atoms with Crippen LogP contribution in [0.25, 0.3) is 6.08 Å². The largest absolute Gasteiger partial charge is 0.504 e. The lowest BCUT2D eigenvalue weighted by molar-refractivity contribution is 0.140. The number of hydrogen-bond acceptors (Lipinski definition) is 6. The number of nitrogens with one attached hydrogen (secondary N) is 1. The molecule has 4 rings (SSSR count). The molecule has 0 amide bonds. The number of aryl methyl sites for hydroxylation is 1. The van der Waals surface area contributed by atoms with Gasteiger partial charge in [-0.15, -0.1) is 0 Å². The summed E-state index contributed by atoms with van der Waals surface area (Å²) in [7, 11) is 1.56. The van der Waals surface area contributed by atoms with Gasteiger partial charge in [-0.1, -0.05) is 13.0 Å². The maximum Gasteiger partial charge on any atom is 0.346 e. The molecule has 2 aromatic rings. The van der Waals surface area contributed by atoms with Crippen LogP contribution in [0.5, 0.6) is 17.2 Å². The molecule has 30 heavy (non-hydrogen) atoms. The number of ether oxygens (including phenoxy) is 2. The Morgan fingerprint density at radius 3 is 2.97 bits per heavy atom. The molecule has 2 aliphatic rings. The average molecular weight is 411 g/mol. The molecular formula is C24H29NO5. The van der Waals surface area contributed by atoms with Gasteiger partial charge in [0.15, 0.2) is 11.5 Å². The fourth-order valence-corrected chi connectivity index (χ4v) is 4.47. The molecule has 6 heteroatoms. The van der Waals surface area contributed by atoms with Gasteiger partial charge >= 0.3 is 5.63 Å². The Morgan fingerprint density at radius 1 is 1.33 bits per heavy atom. The summed E-state index contributed by atoms with van der Waals surface area (Å²) >= 11 is 0. The minimum Gasteiger partial charge on any atom is -0.504 e. The quantitative estimate of drug-likeness (QED) is 0.747. The predicted octanol–water partition coefficient (Wildman–Crippen LogP) is 4.03. The molecule has 0 spiro atoms. The van der Waals surface area contributed by atoms with Gasteiger partial charge in [0.2, 0.25) is 0 Å². The normalized spacial score (nSPS) is 21.1. The SMILES string of the molecule is COc1cc(CNCC(C)[C@H]2CCC3=Cc4c(cc(C)oc4=O)O[C@H]3C2)ccc1O. The van der Waals surface area contributed by atoms with Crippen LogP contribution in [0.1, 0.15) is 43.1 Å². The second-order valence-electron chi connectivity index (χ2n) is 8.40. The van der Waals surface area contributed by atoms with Crippen molar-refractivity contribution in [3.05, 3.63) is 57.1 Å². The molecule has 1 aromatic carbocycles. The fourth-order valence-electron chi connectivity index (χ4n) is 4.47. The Morgan fingerprint density at radius 2 is 2.17 bits per heavy atom. The lowest BCUT2D eigenvalue weighted by Crippen LogP contribution is -2.36. The van der Waals surface area contributed by atoms with Crippen molar-refractivity contribution in [2.24, 2.45) is 11.8 Å². The second kappa shape index (κ2) is 8.56. The van der Waals surface area contributed by atoms with E-state index in [4.69, 9.17) is 13.9 Å². The first-order valence-electron chi connectivity index (χ1n) is 10.5. The highest BCUT2D eigenvalue weighted by Crippen LogP contribution is 2.40. The first-order chi connectivity index (χ1) is 14.4. The van der Waals surface area contributed by atoms with Gasteiger partial charge in [0.05, 0.1) is 7.11 Å². The van der Waals surface area contributed by atoms with Gasteiger partial charge < -0.3 is 24.3 Å².